The van der Waals surface area contributed by atoms with Crippen molar-refractivity contribution in [3.8, 4) is 0 Å². The molecular formula is C14H16N4OS. The van der Waals surface area contributed by atoms with Gasteiger partial charge in [-0.05, 0) is 18.4 Å². The molecule has 0 radical (unpaired) electrons. The maximum Gasteiger partial charge on any atom is 0.225 e. The molecule has 2 aromatic rings. The highest BCUT2D eigenvalue weighted by molar-refractivity contribution is 7.80. The first-order valence-corrected chi connectivity index (χ1v) is 6.74. The fourth-order valence-corrected chi connectivity index (χ4v) is 2.02. The number of hydrogen-bond donors (Lipinski definition) is 3. The van der Waals surface area contributed by atoms with Crippen molar-refractivity contribution in [2.24, 2.45) is 5.73 Å². The number of benzene rings is 1. The zero-order valence-corrected chi connectivity index (χ0v) is 11.7. The molecule has 0 saturated carbocycles. The third kappa shape index (κ3) is 3.89. The lowest BCUT2D eigenvalue weighted by Crippen LogP contribution is -2.16. The Hall–Kier alpha value is -2.21. The lowest BCUT2D eigenvalue weighted by molar-refractivity contribution is -0.116. The highest BCUT2D eigenvalue weighted by atomic mass is 32.1. The van der Waals surface area contributed by atoms with Crippen LogP contribution in [0, 0.1) is 0 Å². The number of carbonyl (C=O) groups excluding carboxylic acids is 1. The van der Waals surface area contributed by atoms with Crippen molar-refractivity contribution in [2.45, 2.75) is 19.3 Å². The normalized spacial score (nSPS) is 10.2. The molecule has 0 aliphatic heterocycles. The van der Waals surface area contributed by atoms with Gasteiger partial charge in [-0.15, -0.1) is 0 Å². The number of nitrogens with two attached hydrogens (primary N) is 1. The van der Waals surface area contributed by atoms with E-state index in [-0.39, 0.29) is 10.9 Å². The number of aromatic amines is 1. The van der Waals surface area contributed by atoms with Crippen molar-refractivity contribution in [3.63, 3.8) is 0 Å². The summed E-state index contributed by atoms with van der Waals surface area (Å²) < 4.78 is 0. The highest BCUT2D eigenvalue weighted by Crippen LogP contribution is 2.12. The Morgan fingerprint density at radius 1 is 1.35 bits per heavy atom. The molecule has 0 fully saturated rings. The summed E-state index contributed by atoms with van der Waals surface area (Å²) in [6, 6.07) is 10.1. The molecule has 0 bridgehead atoms. The second-order valence-corrected chi connectivity index (χ2v) is 4.85. The van der Waals surface area contributed by atoms with Crippen molar-refractivity contribution < 1.29 is 4.79 Å². The summed E-state index contributed by atoms with van der Waals surface area (Å²) in [6.45, 7) is 0. The van der Waals surface area contributed by atoms with Crippen LogP contribution < -0.4 is 11.1 Å². The maximum absolute atomic E-state index is 11.8. The lowest BCUT2D eigenvalue weighted by Gasteiger charge is -2.05. The van der Waals surface area contributed by atoms with Gasteiger partial charge in [0.2, 0.25) is 5.91 Å². The summed E-state index contributed by atoms with van der Waals surface area (Å²) in [5, 5.41) is 9.23. The van der Waals surface area contributed by atoms with Crippen LogP contribution in [-0.2, 0) is 11.2 Å². The van der Waals surface area contributed by atoms with E-state index in [1.165, 1.54) is 11.8 Å². The average Bonchev–Trinajstić information content (AvgIpc) is 2.88. The summed E-state index contributed by atoms with van der Waals surface area (Å²) >= 11 is 4.87. The zero-order chi connectivity index (χ0) is 14.4. The molecule has 0 aliphatic rings. The van der Waals surface area contributed by atoms with Gasteiger partial charge in [-0.25, -0.2) is 0 Å². The third-order valence-corrected chi connectivity index (χ3v) is 3.10. The fraction of sp³-hybridized carbons (Fsp3) is 0.214. The number of anilines is 1. The molecule has 104 valence electrons. The van der Waals surface area contributed by atoms with Crippen LogP contribution in [0.2, 0.25) is 0 Å². The molecule has 0 aliphatic carbocycles. The summed E-state index contributed by atoms with van der Waals surface area (Å²) in [4.78, 5) is 12.0. The van der Waals surface area contributed by atoms with Crippen LogP contribution in [0.5, 0.6) is 0 Å². The van der Waals surface area contributed by atoms with Crippen LogP contribution in [0.15, 0.2) is 36.5 Å². The minimum Gasteiger partial charge on any atom is -0.389 e. The van der Waals surface area contributed by atoms with Crippen LogP contribution in [0.25, 0.3) is 0 Å². The second-order valence-electron chi connectivity index (χ2n) is 4.41. The van der Waals surface area contributed by atoms with Gasteiger partial charge in [0, 0.05) is 6.42 Å². The summed E-state index contributed by atoms with van der Waals surface area (Å²) in [5.41, 5.74) is 7.31. The molecule has 6 heteroatoms. The highest BCUT2D eigenvalue weighted by Gasteiger charge is 2.10. The van der Waals surface area contributed by atoms with E-state index in [0.717, 1.165) is 12.8 Å². The van der Waals surface area contributed by atoms with Crippen LogP contribution >= 0.6 is 12.2 Å². The van der Waals surface area contributed by atoms with Gasteiger partial charge in [0.25, 0.3) is 0 Å². The molecule has 5 nitrogen and oxygen atoms in total. The molecular weight excluding hydrogens is 272 g/mol. The van der Waals surface area contributed by atoms with E-state index in [0.29, 0.717) is 17.8 Å². The Kier molecular flexibility index (Phi) is 4.84. The number of nitrogens with zero attached hydrogens (tertiary/aromatic N) is 1. The number of aryl methyl sites for hydroxylation is 1. The summed E-state index contributed by atoms with van der Waals surface area (Å²) in [5.74, 6) is 0.380. The van der Waals surface area contributed by atoms with Crippen molar-refractivity contribution in [3.05, 3.63) is 47.7 Å². The van der Waals surface area contributed by atoms with Crippen LogP contribution in [0.1, 0.15) is 24.0 Å². The predicted octanol–water partition coefficient (Wildman–Crippen LogP) is 2.01. The van der Waals surface area contributed by atoms with Crippen molar-refractivity contribution in [1.82, 2.24) is 10.2 Å². The minimum absolute atomic E-state index is 0.0809. The zero-order valence-electron chi connectivity index (χ0n) is 10.9. The van der Waals surface area contributed by atoms with E-state index in [4.69, 9.17) is 18.0 Å². The Bertz CT molecular complexity index is 594. The molecule has 1 heterocycles. The maximum atomic E-state index is 11.8. The van der Waals surface area contributed by atoms with Gasteiger partial charge in [-0.2, -0.15) is 5.10 Å². The minimum atomic E-state index is -0.0809. The van der Waals surface area contributed by atoms with Gasteiger partial charge in [-0.3, -0.25) is 9.89 Å². The molecule has 1 aromatic carbocycles. The average molecular weight is 288 g/mol. The van der Waals surface area contributed by atoms with Crippen LogP contribution in [0.4, 0.5) is 5.82 Å². The smallest absolute Gasteiger partial charge is 0.225 e. The van der Waals surface area contributed by atoms with E-state index >= 15 is 0 Å². The molecule has 20 heavy (non-hydrogen) atoms. The van der Waals surface area contributed by atoms with Crippen LogP contribution in [-0.4, -0.2) is 21.1 Å². The van der Waals surface area contributed by atoms with E-state index < -0.39 is 0 Å². The molecule has 0 atom stereocenters. The first-order chi connectivity index (χ1) is 9.66. The van der Waals surface area contributed by atoms with E-state index in [1.54, 1.807) is 0 Å². The molecule has 1 aromatic heterocycles. The number of hydrogen-bond acceptors (Lipinski definition) is 3. The van der Waals surface area contributed by atoms with E-state index in [2.05, 4.69) is 27.6 Å². The number of nitrogens with one attached hydrogen (secondary N) is 2. The Morgan fingerprint density at radius 2 is 2.10 bits per heavy atom. The van der Waals surface area contributed by atoms with Crippen molar-refractivity contribution >= 4 is 28.9 Å². The third-order valence-electron chi connectivity index (χ3n) is 2.88. The Balaban J connectivity index is 1.81. The molecule has 0 saturated heterocycles. The first kappa shape index (κ1) is 14.2. The standard InChI is InChI=1S/C14H16N4OS/c15-13(20)11-9-16-18-14(11)17-12(19)8-4-7-10-5-2-1-3-6-10/h1-3,5-6,9H,4,7-8H2,(H2,15,20)(H2,16,17,18,19). The first-order valence-electron chi connectivity index (χ1n) is 6.34. The van der Waals surface area contributed by atoms with Crippen LogP contribution in [0.3, 0.4) is 0 Å². The summed E-state index contributed by atoms with van der Waals surface area (Å²) in [6.07, 6.45) is 3.60. The molecule has 1 amide bonds. The lowest BCUT2D eigenvalue weighted by atomic mass is 10.1. The number of thiocarbonyl (C=S) groups is 1. The molecule has 2 rings (SSSR count). The van der Waals surface area contributed by atoms with Gasteiger partial charge < -0.3 is 11.1 Å². The topological polar surface area (TPSA) is 83.8 Å². The number of carbonyl (C=O) groups is 1. The van der Waals surface area contributed by atoms with Gasteiger partial charge in [0.15, 0.2) is 0 Å². The number of aromatic nitrogens is 2. The van der Waals surface area contributed by atoms with E-state index in [9.17, 15) is 4.79 Å². The largest absolute Gasteiger partial charge is 0.389 e. The number of H-pyrrole nitrogens is 1. The number of amides is 1. The summed E-state index contributed by atoms with van der Waals surface area (Å²) in [7, 11) is 0. The monoisotopic (exact) mass is 288 g/mol. The van der Waals surface area contributed by atoms with Gasteiger partial charge >= 0.3 is 0 Å². The van der Waals surface area contributed by atoms with Gasteiger partial charge in [0.1, 0.15) is 10.8 Å². The second kappa shape index (κ2) is 6.81. The van der Waals surface area contributed by atoms with Crippen molar-refractivity contribution in [2.75, 3.05) is 5.32 Å². The quantitative estimate of drug-likeness (QED) is 0.710. The Labute approximate surface area is 122 Å². The number of rotatable bonds is 6. The fourth-order valence-electron chi connectivity index (χ4n) is 1.87. The van der Waals surface area contributed by atoms with Gasteiger partial charge in [0.05, 0.1) is 11.8 Å². The molecule has 0 unspecified atom stereocenters. The Morgan fingerprint density at radius 3 is 2.80 bits per heavy atom. The predicted molar refractivity (Wildman–Crippen MR) is 82.5 cm³/mol. The van der Waals surface area contributed by atoms with Crippen molar-refractivity contribution in [1.29, 1.82) is 0 Å². The van der Waals surface area contributed by atoms with Gasteiger partial charge in [-0.1, -0.05) is 42.5 Å². The molecule has 4 N–H and O–H groups in total. The SMILES string of the molecule is NC(=S)c1cn[nH]c1NC(=O)CCCc1ccccc1. The molecule has 0 spiro atoms. The van der Waals surface area contributed by atoms with E-state index in [1.807, 2.05) is 18.2 Å².